The monoisotopic (exact) mass is 583 g/mol. The molecule has 0 aromatic heterocycles. The number of nitrogens with one attached hydrogen (secondary N) is 2. The zero-order valence-corrected chi connectivity index (χ0v) is 24.2. The summed E-state index contributed by atoms with van der Waals surface area (Å²) in [5.41, 5.74) is 0.210. The molecular weight excluding hydrogens is 549 g/mol. The van der Waals surface area contributed by atoms with Crippen LogP contribution in [0.2, 0.25) is 0 Å². The number of benzene rings is 3. The zero-order chi connectivity index (χ0) is 30.1. The molecule has 8 nitrogen and oxygen atoms in total. The number of aromatic hydroxyl groups is 1. The molecule has 0 unspecified atom stereocenters. The predicted octanol–water partition coefficient (Wildman–Crippen LogP) is 3.82. The molecule has 1 heterocycles. The predicted molar refractivity (Wildman–Crippen MR) is 155 cm³/mol. The summed E-state index contributed by atoms with van der Waals surface area (Å²) < 4.78 is 14.1. The first-order valence-electron chi connectivity index (χ1n) is 13.5. The molecule has 0 saturated carbocycles. The van der Waals surface area contributed by atoms with Crippen LogP contribution in [0.5, 0.6) is 5.75 Å². The number of aliphatic hydroxyl groups excluding tert-OH is 1. The fourth-order valence-corrected chi connectivity index (χ4v) is 5.40. The van der Waals surface area contributed by atoms with Crippen molar-refractivity contribution >= 4 is 40.1 Å². The second-order valence-electron chi connectivity index (χ2n) is 11.6. The van der Waals surface area contributed by atoms with E-state index in [4.69, 9.17) is 11.6 Å². The molecule has 1 fully saturated rings. The minimum atomic E-state index is -1.75. The average molecular weight is 584 g/mol. The van der Waals surface area contributed by atoms with Gasteiger partial charge in [-0.15, -0.1) is 11.6 Å². The van der Waals surface area contributed by atoms with Gasteiger partial charge in [0.15, 0.2) is 6.10 Å². The van der Waals surface area contributed by atoms with Crippen LogP contribution in [0.1, 0.15) is 48.7 Å². The van der Waals surface area contributed by atoms with Crippen molar-refractivity contribution in [3.63, 3.8) is 0 Å². The number of carbonyl (C=O) groups is 3. The molecular formula is C31H35ClFN3O5. The van der Waals surface area contributed by atoms with Gasteiger partial charge in [0.05, 0.1) is 11.4 Å². The molecule has 3 aromatic rings. The van der Waals surface area contributed by atoms with Gasteiger partial charge in [-0.2, -0.15) is 0 Å². The number of fused-ring (bicyclic) bond motifs is 1. The van der Waals surface area contributed by atoms with E-state index in [0.29, 0.717) is 0 Å². The molecule has 3 amide bonds. The van der Waals surface area contributed by atoms with Gasteiger partial charge in [0.25, 0.3) is 11.8 Å². The first-order chi connectivity index (χ1) is 19.2. The number of halogens is 2. The van der Waals surface area contributed by atoms with Gasteiger partial charge in [0, 0.05) is 29.3 Å². The maximum absolute atomic E-state index is 14.1. The smallest absolute Gasteiger partial charge is 0.254 e. The SMILES string of the molecule is Cc1c(O)cc(F)cc1C(=O)N[C@@H](Cc1ccc2ccccc2c1)[C@H](O)C(=O)N1C[C@@H](Cl)C[C@H]1C(=O)NC(C)(C)C. The highest BCUT2D eigenvalue weighted by Gasteiger charge is 2.43. The Kier molecular flexibility index (Phi) is 8.89. The van der Waals surface area contributed by atoms with Gasteiger partial charge >= 0.3 is 0 Å². The van der Waals surface area contributed by atoms with E-state index in [1.54, 1.807) is 0 Å². The summed E-state index contributed by atoms with van der Waals surface area (Å²) >= 11 is 6.36. The van der Waals surface area contributed by atoms with Crippen LogP contribution in [-0.4, -0.2) is 68.5 Å². The Morgan fingerprint density at radius 2 is 1.78 bits per heavy atom. The molecule has 0 spiro atoms. The van der Waals surface area contributed by atoms with Crippen LogP contribution in [0.15, 0.2) is 54.6 Å². The first kappa shape index (κ1) is 30.3. The number of likely N-dealkylation sites (tertiary alicyclic amines) is 1. The van der Waals surface area contributed by atoms with Crippen molar-refractivity contribution in [3.8, 4) is 5.75 Å². The van der Waals surface area contributed by atoms with Crippen molar-refractivity contribution in [1.29, 1.82) is 0 Å². The Hall–Kier alpha value is -3.69. The molecule has 1 aliphatic heterocycles. The van der Waals surface area contributed by atoms with Crippen molar-refractivity contribution in [2.75, 3.05) is 6.54 Å². The minimum Gasteiger partial charge on any atom is -0.508 e. The number of amides is 3. The summed E-state index contributed by atoms with van der Waals surface area (Å²) in [6.07, 6.45) is -1.48. The van der Waals surface area contributed by atoms with Gasteiger partial charge in [-0.3, -0.25) is 14.4 Å². The molecule has 4 rings (SSSR count). The molecule has 0 bridgehead atoms. The molecule has 0 radical (unpaired) electrons. The maximum Gasteiger partial charge on any atom is 0.254 e. The fraction of sp³-hybridized carbons (Fsp3) is 0.387. The molecule has 0 aliphatic carbocycles. The summed E-state index contributed by atoms with van der Waals surface area (Å²) in [4.78, 5) is 41.3. The largest absolute Gasteiger partial charge is 0.508 e. The Morgan fingerprint density at radius 3 is 2.46 bits per heavy atom. The Balaban J connectivity index is 1.65. The number of phenols is 1. The van der Waals surface area contributed by atoms with Crippen LogP contribution in [-0.2, 0) is 16.0 Å². The molecule has 4 atom stereocenters. The lowest BCUT2D eigenvalue weighted by molar-refractivity contribution is -0.146. The van der Waals surface area contributed by atoms with Crippen molar-refractivity contribution < 1.29 is 29.0 Å². The second kappa shape index (κ2) is 12.0. The van der Waals surface area contributed by atoms with Gasteiger partial charge in [0.2, 0.25) is 5.91 Å². The molecule has 1 aliphatic rings. The Morgan fingerprint density at radius 1 is 1.10 bits per heavy atom. The third-order valence-electron chi connectivity index (χ3n) is 7.14. The summed E-state index contributed by atoms with van der Waals surface area (Å²) in [7, 11) is 0. The van der Waals surface area contributed by atoms with Crippen molar-refractivity contribution in [3.05, 3.63) is 77.1 Å². The van der Waals surface area contributed by atoms with E-state index >= 15 is 0 Å². The third kappa shape index (κ3) is 7.15. The average Bonchev–Trinajstić information content (AvgIpc) is 3.30. The Labute approximate surface area is 243 Å². The highest BCUT2D eigenvalue weighted by Crippen LogP contribution is 2.26. The summed E-state index contributed by atoms with van der Waals surface area (Å²) in [5, 5.41) is 28.4. The quantitative estimate of drug-likeness (QED) is 0.315. The number of aliphatic hydroxyl groups is 1. The van der Waals surface area contributed by atoms with Crippen molar-refractivity contribution in [1.82, 2.24) is 15.5 Å². The van der Waals surface area contributed by atoms with E-state index in [1.807, 2.05) is 63.2 Å². The van der Waals surface area contributed by atoms with Crippen LogP contribution < -0.4 is 10.6 Å². The van der Waals surface area contributed by atoms with Crippen LogP contribution in [0.4, 0.5) is 4.39 Å². The summed E-state index contributed by atoms with van der Waals surface area (Å²) in [6, 6.07) is 13.2. The van der Waals surface area contributed by atoms with Crippen LogP contribution in [0.25, 0.3) is 10.8 Å². The minimum absolute atomic E-state index is 0.0488. The van der Waals surface area contributed by atoms with Gasteiger partial charge in [-0.05, 0) is 62.9 Å². The maximum atomic E-state index is 14.1. The number of nitrogens with zero attached hydrogens (tertiary/aromatic N) is 1. The standard InChI is InChI=1S/C31H35ClFN3O5/c1-17-23(14-22(33)15-26(17)37)28(39)34-24(12-18-9-10-19-7-5-6-8-20(19)11-18)27(38)30(41)36-16-21(32)13-25(36)29(40)35-31(2,3)4/h5-11,14-15,21,24-25,27,37-38H,12-13,16H2,1-4H3,(H,34,39)(H,35,40)/t21-,24-,25-,27-/m0/s1. The summed E-state index contributed by atoms with van der Waals surface area (Å²) in [6.45, 7) is 6.97. The van der Waals surface area contributed by atoms with Gasteiger partial charge in [-0.25, -0.2) is 4.39 Å². The second-order valence-corrected chi connectivity index (χ2v) is 12.2. The molecule has 10 heteroatoms. The molecule has 3 aromatic carbocycles. The van der Waals surface area contributed by atoms with Crippen LogP contribution in [0, 0.1) is 12.7 Å². The van der Waals surface area contributed by atoms with Gasteiger partial charge < -0.3 is 25.7 Å². The van der Waals surface area contributed by atoms with E-state index in [0.717, 1.165) is 28.5 Å². The first-order valence-corrected chi connectivity index (χ1v) is 13.9. The molecule has 4 N–H and O–H groups in total. The lowest BCUT2D eigenvalue weighted by Crippen LogP contribution is -2.57. The zero-order valence-electron chi connectivity index (χ0n) is 23.4. The highest BCUT2D eigenvalue weighted by atomic mass is 35.5. The number of phenolic OH excluding ortho intramolecular Hbond substituents is 1. The van der Waals surface area contributed by atoms with Crippen molar-refractivity contribution in [2.45, 2.75) is 69.6 Å². The number of rotatable bonds is 7. The molecule has 1 saturated heterocycles. The highest BCUT2D eigenvalue weighted by molar-refractivity contribution is 6.21. The normalized spacial score (nSPS) is 18.7. The van der Waals surface area contributed by atoms with Crippen LogP contribution >= 0.6 is 11.6 Å². The fourth-order valence-electron chi connectivity index (χ4n) is 5.08. The van der Waals surface area contributed by atoms with Crippen LogP contribution in [0.3, 0.4) is 0 Å². The van der Waals surface area contributed by atoms with E-state index in [-0.39, 0.29) is 36.4 Å². The van der Waals surface area contributed by atoms with E-state index in [1.165, 1.54) is 11.8 Å². The number of hydrogen-bond donors (Lipinski definition) is 4. The van der Waals surface area contributed by atoms with Crippen molar-refractivity contribution in [2.24, 2.45) is 0 Å². The van der Waals surface area contributed by atoms with Gasteiger partial charge in [0.1, 0.15) is 17.6 Å². The molecule has 41 heavy (non-hydrogen) atoms. The lowest BCUT2D eigenvalue weighted by Gasteiger charge is -2.32. The third-order valence-corrected chi connectivity index (χ3v) is 7.46. The summed E-state index contributed by atoms with van der Waals surface area (Å²) in [5.74, 6) is -3.11. The number of alkyl halides is 1. The van der Waals surface area contributed by atoms with E-state index in [9.17, 15) is 29.0 Å². The lowest BCUT2D eigenvalue weighted by atomic mass is 9.96. The van der Waals surface area contributed by atoms with E-state index < -0.39 is 52.5 Å². The molecule has 218 valence electrons. The Bertz CT molecular complexity index is 1470. The number of hydrogen-bond acceptors (Lipinski definition) is 5. The topological polar surface area (TPSA) is 119 Å². The van der Waals surface area contributed by atoms with E-state index in [2.05, 4.69) is 10.6 Å². The van der Waals surface area contributed by atoms with Gasteiger partial charge in [-0.1, -0.05) is 42.5 Å². The number of carbonyl (C=O) groups excluding carboxylic acids is 3.